The summed E-state index contributed by atoms with van der Waals surface area (Å²) in [7, 11) is 0. The van der Waals surface area contributed by atoms with Crippen molar-refractivity contribution < 1.29 is 19.6 Å². The quantitative estimate of drug-likeness (QED) is 0.427. The van der Waals surface area contributed by atoms with Crippen molar-refractivity contribution in [2.75, 3.05) is 6.61 Å². The second kappa shape index (κ2) is 6.85. The number of unbranched alkanes of at least 4 members (excludes halogenated alkanes) is 1. The number of benzene rings is 1. The normalized spacial score (nSPS) is 13.5. The van der Waals surface area contributed by atoms with Crippen LogP contribution in [-0.2, 0) is 4.79 Å². The van der Waals surface area contributed by atoms with E-state index in [9.17, 15) is 14.9 Å². The number of aliphatic carboxylic acids is 1. The molecule has 0 aliphatic rings. The monoisotopic (exact) mass is 282 g/mol. The van der Waals surface area contributed by atoms with E-state index < -0.39 is 16.4 Å². The first-order chi connectivity index (χ1) is 9.33. The summed E-state index contributed by atoms with van der Waals surface area (Å²) in [6.07, 6.45) is 1.58. The van der Waals surface area contributed by atoms with Gasteiger partial charge in [0.25, 0.3) is 5.69 Å². The maximum Gasteiger partial charge on any atom is 0.323 e. The SMILES string of the molecule is CC(N)(CCCCOc1cccc([N+](=O)[O-])c1)C(=O)O. The largest absolute Gasteiger partial charge is 0.493 e. The molecule has 1 aromatic carbocycles. The zero-order chi connectivity index (χ0) is 15.2. The predicted molar refractivity (Wildman–Crippen MR) is 72.7 cm³/mol. The molecule has 3 N–H and O–H groups in total. The topological polar surface area (TPSA) is 116 Å². The molecule has 0 fully saturated rings. The van der Waals surface area contributed by atoms with Gasteiger partial charge in [0.2, 0.25) is 0 Å². The molecular weight excluding hydrogens is 264 g/mol. The standard InChI is InChI=1S/C13H18N2O5/c1-13(14,12(16)17)7-2-3-8-20-11-6-4-5-10(9-11)15(18)19/h4-6,9H,2-3,7-8,14H2,1H3,(H,16,17). The van der Waals surface area contributed by atoms with Crippen molar-refractivity contribution in [3.63, 3.8) is 0 Å². The highest BCUT2D eigenvalue weighted by molar-refractivity contribution is 5.77. The summed E-state index contributed by atoms with van der Waals surface area (Å²) < 4.78 is 5.38. The summed E-state index contributed by atoms with van der Waals surface area (Å²) in [5, 5.41) is 19.4. The van der Waals surface area contributed by atoms with Crippen LogP contribution in [0.1, 0.15) is 26.2 Å². The lowest BCUT2D eigenvalue weighted by atomic mass is 9.97. The number of carbonyl (C=O) groups is 1. The van der Waals surface area contributed by atoms with E-state index >= 15 is 0 Å². The van der Waals surface area contributed by atoms with Crippen molar-refractivity contribution in [2.24, 2.45) is 5.73 Å². The molecule has 0 aromatic heterocycles. The van der Waals surface area contributed by atoms with Gasteiger partial charge in [0.1, 0.15) is 11.3 Å². The first kappa shape index (κ1) is 15.9. The Morgan fingerprint density at radius 3 is 2.80 bits per heavy atom. The van der Waals surface area contributed by atoms with Gasteiger partial charge in [0.05, 0.1) is 17.6 Å². The van der Waals surface area contributed by atoms with Gasteiger partial charge in [0.15, 0.2) is 0 Å². The number of nitrogens with two attached hydrogens (primary N) is 1. The van der Waals surface area contributed by atoms with Gasteiger partial charge in [0, 0.05) is 6.07 Å². The first-order valence-electron chi connectivity index (χ1n) is 6.22. The predicted octanol–water partition coefficient (Wildman–Crippen LogP) is 1.95. The molecule has 20 heavy (non-hydrogen) atoms. The van der Waals surface area contributed by atoms with E-state index in [1.54, 1.807) is 12.1 Å². The average Bonchev–Trinajstić information content (AvgIpc) is 2.38. The molecule has 7 heteroatoms. The van der Waals surface area contributed by atoms with Crippen LogP contribution in [0.2, 0.25) is 0 Å². The Kier molecular flexibility index (Phi) is 5.45. The third-order valence-corrected chi connectivity index (χ3v) is 2.88. The molecule has 0 radical (unpaired) electrons. The molecule has 7 nitrogen and oxygen atoms in total. The molecule has 0 bridgehead atoms. The molecule has 0 aliphatic heterocycles. The van der Waals surface area contributed by atoms with E-state index in [1.165, 1.54) is 19.1 Å². The van der Waals surface area contributed by atoms with Crippen LogP contribution in [0.4, 0.5) is 5.69 Å². The highest BCUT2D eigenvalue weighted by Crippen LogP contribution is 2.19. The molecule has 0 saturated carbocycles. The third kappa shape index (κ3) is 4.85. The number of hydrogen-bond acceptors (Lipinski definition) is 5. The molecule has 1 unspecified atom stereocenters. The lowest BCUT2D eigenvalue weighted by Crippen LogP contribution is -2.44. The van der Waals surface area contributed by atoms with Crippen LogP contribution < -0.4 is 10.5 Å². The van der Waals surface area contributed by atoms with Crippen LogP contribution >= 0.6 is 0 Å². The summed E-state index contributed by atoms with van der Waals surface area (Å²) in [6.45, 7) is 1.83. The minimum atomic E-state index is -1.23. The van der Waals surface area contributed by atoms with Gasteiger partial charge < -0.3 is 15.6 Å². The fourth-order valence-corrected chi connectivity index (χ4v) is 1.58. The lowest BCUT2D eigenvalue weighted by molar-refractivity contribution is -0.384. The van der Waals surface area contributed by atoms with E-state index in [0.717, 1.165) is 0 Å². The van der Waals surface area contributed by atoms with Crippen molar-refractivity contribution in [3.05, 3.63) is 34.4 Å². The van der Waals surface area contributed by atoms with E-state index in [1.807, 2.05) is 0 Å². The second-order valence-electron chi connectivity index (χ2n) is 4.78. The van der Waals surface area contributed by atoms with Gasteiger partial charge >= 0.3 is 5.97 Å². The summed E-state index contributed by atoms with van der Waals surface area (Å²) in [4.78, 5) is 20.9. The Bertz CT molecular complexity index is 487. The van der Waals surface area contributed by atoms with Gasteiger partial charge in [-0.3, -0.25) is 14.9 Å². The summed E-state index contributed by atoms with van der Waals surface area (Å²) in [6, 6.07) is 5.93. The van der Waals surface area contributed by atoms with Crippen LogP contribution in [0.25, 0.3) is 0 Å². The number of non-ortho nitro benzene ring substituents is 1. The molecule has 0 saturated heterocycles. The maximum atomic E-state index is 10.8. The van der Waals surface area contributed by atoms with Crippen LogP contribution in [0, 0.1) is 10.1 Å². The first-order valence-corrected chi connectivity index (χ1v) is 6.22. The smallest absolute Gasteiger partial charge is 0.323 e. The molecule has 0 aliphatic carbocycles. The average molecular weight is 282 g/mol. The van der Waals surface area contributed by atoms with Crippen LogP contribution in [0.3, 0.4) is 0 Å². The molecule has 1 aromatic rings. The number of hydrogen-bond donors (Lipinski definition) is 2. The second-order valence-corrected chi connectivity index (χ2v) is 4.78. The Morgan fingerprint density at radius 2 is 2.20 bits per heavy atom. The zero-order valence-corrected chi connectivity index (χ0v) is 11.2. The highest BCUT2D eigenvalue weighted by Gasteiger charge is 2.26. The van der Waals surface area contributed by atoms with Gasteiger partial charge in [-0.2, -0.15) is 0 Å². The Labute approximate surface area is 116 Å². The van der Waals surface area contributed by atoms with E-state index in [-0.39, 0.29) is 5.69 Å². The molecule has 1 atom stereocenters. The van der Waals surface area contributed by atoms with E-state index in [2.05, 4.69) is 0 Å². The van der Waals surface area contributed by atoms with Gasteiger partial charge in [-0.25, -0.2) is 0 Å². The number of carboxylic acids is 1. The summed E-state index contributed by atoms with van der Waals surface area (Å²) >= 11 is 0. The van der Waals surface area contributed by atoms with Gasteiger partial charge in [-0.1, -0.05) is 6.07 Å². The molecule has 110 valence electrons. The number of carboxylic acid groups (broad SMARTS) is 1. The van der Waals surface area contributed by atoms with Crippen LogP contribution in [-0.4, -0.2) is 28.1 Å². The van der Waals surface area contributed by atoms with Gasteiger partial charge in [-0.15, -0.1) is 0 Å². The van der Waals surface area contributed by atoms with E-state index in [4.69, 9.17) is 15.6 Å². The fraction of sp³-hybridized carbons (Fsp3) is 0.462. The Balaban J connectivity index is 2.33. The van der Waals surface area contributed by atoms with Crippen molar-refractivity contribution in [3.8, 4) is 5.75 Å². The minimum Gasteiger partial charge on any atom is -0.493 e. The zero-order valence-electron chi connectivity index (χ0n) is 11.2. The fourth-order valence-electron chi connectivity index (χ4n) is 1.58. The van der Waals surface area contributed by atoms with Crippen molar-refractivity contribution in [1.29, 1.82) is 0 Å². The minimum absolute atomic E-state index is 0.0251. The van der Waals surface area contributed by atoms with Gasteiger partial charge in [-0.05, 0) is 32.3 Å². The number of nitro benzene ring substituents is 1. The van der Waals surface area contributed by atoms with Crippen LogP contribution in [0.5, 0.6) is 5.75 Å². The maximum absolute atomic E-state index is 10.8. The van der Waals surface area contributed by atoms with Crippen LogP contribution in [0.15, 0.2) is 24.3 Å². The summed E-state index contributed by atoms with van der Waals surface area (Å²) in [5.74, 6) is -0.606. The Hall–Kier alpha value is -2.15. The number of rotatable bonds is 8. The summed E-state index contributed by atoms with van der Waals surface area (Å²) in [5.41, 5.74) is 4.34. The number of ether oxygens (including phenoxy) is 1. The molecule has 0 amide bonds. The highest BCUT2D eigenvalue weighted by atomic mass is 16.6. The van der Waals surface area contributed by atoms with Crippen molar-refractivity contribution in [1.82, 2.24) is 0 Å². The van der Waals surface area contributed by atoms with E-state index in [0.29, 0.717) is 31.6 Å². The molecule has 1 rings (SSSR count). The van der Waals surface area contributed by atoms with Crippen molar-refractivity contribution in [2.45, 2.75) is 31.7 Å². The number of nitrogens with zero attached hydrogens (tertiary/aromatic N) is 1. The molecular formula is C13H18N2O5. The molecule has 0 spiro atoms. The Morgan fingerprint density at radius 1 is 1.50 bits per heavy atom. The molecule has 0 heterocycles. The number of nitro groups is 1. The lowest BCUT2D eigenvalue weighted by Gasteiger charge is -2.18. The third-order valence-electron chi connectivity index (χ3n) is 2.88. The van der Waals surface area contributed by atoms with Crippen molar-refractivity contribution >= 4 is 11.7 Å².